The maximum absolute atomic E-state index is 6.00. The molecule has 3 nitrogen and oxygen atoms in total. The van der Waals surface area contributed by atoms with E-state index >= 15 is 0 Å². The van der Waals surface area contributed by atoms with Gasteiger partial charge in [-0.15, -0.1) is 0 Å². The molecule has 2 N–H and O–H groups in total. The summed E-state index contributed by atoms with van der Waals surface area (Å²) >= 11 is 0. The van der Waals surface area contributed by atoms with E-state index < -0.39 is 0 Å². The number of para-hydroxylation sites is 1. The zero-order valence-electron chi connectivity index (χ0n) is 10.6. The average molecular weight is 244 g/mol. The predicted octanol–water partition coefficient (Wildman–Crippen LogP) is 2.92. The average Bonchev–Trinajstić information content (AvgIpc) is 2.85. The molecular formula is C15H20N2O. The highest BCUT2D eigenvalue weighted by Gasteiger charge is 2.23. The molecule has 1 aliphatic rings. The largest absolute Gasteiger partial charge is 0.464 e. The van der Waals surface area contributed by atoms with Gasteiger partial charge in [-0.3, -0.25) is 4.90 Å². The van der Waals surface area contributed by atoms with Crippen LogP contribution in [0.15, 0.2) is 34.9 Å². The molecule has 3 heteroatoms. The molecule has 1 unspecified atom stereocenters. The quantitative estimate of drug-likeness (QED) is 0.902. The molecule has 0 bridgehead atoms. The van der Waals surface area contributed by atoms with Crippen LogP contribution in [0.3, 0.4) is 0 Å². The summed E-state index contributed by atoms with van der Waals surface area (Å²) < 4.78 is 5.64. The molecule has 0 spiro atoms. The van der Waals surface area contributed by atoms with E-state index in [1.807, 2.05) is 18.4 Å². The van der Waals surface area contributed by atoms with E-state index in [1.54, 1.807) is 0 Å². The highest BCUT2D eigenvalue weighted by molar-refractivity contribution is 5.81. The van der Waals surface area contributed by atoms with Gasteiger partial charge < -0.3 is 10.2 Å². The summed E-state index contributed by atoms with van der Waals surface area (Å²) in [4.78, 5) is 2.50. The molecule has 0 aliphatic carbocycles. The Bertz CT molecular complexity index is 514. The number of hydrogen-bond acceptors (Lipinski definition) is 3. The summed E-state index contributed by atoms with van der Waals surface area (Å²) in [6, 6.07) is 8.51. The molecule has 0 radical (unpaired) electrons. The van der Waals surface area contributed by atoms with Gasteiger partial charge in [-0.1, -0.05) is 24.6 Å². The molecule has 0 saturated carbocycles. The van der Waals surface area contributed by atoms with Crippen molar-refractivity contribution in [3.05, 3.63) is 36.1 Å². The first-order chi connectivity index (χ1) is 8.90. The van der Waals surface area contributed by atoms with E-state index in [9.17, 15) is 0 Å². The Morgan fingerprint density at radius 1 is 1.17 bits per heavy atom. The van der Waals surface area contributed by atoms with E-state index in [0.29, 0.717) is 12.6 Å². The number of hydrogen-bond donors (Lipinski definition) is 1. The van der Waals surface area contributed by atoms with E-state index in [0.717, 1.165) is 18.7 Å². The monoisotopic (exact) mass is 244 g/mol. The van der Waals surface area contributed by atoms with Crippen LogP contribution < -0.4 is 5.73 Å². The van der Waals surface area contributed by atoms with Gasteiger partial charge in [-0.25, -0.2) is 0 Å². The Kier molecular flexibility index (Phi) is 3.35. The van der Waals surface area contributed by atoms with Crippen molar-refractivity contribution in [1.29, 1.82) is 0 Å². The van der Waals surface area contributed by atoms with Gasteiger partial charge in [-0.2, -0.15) is 0 Å². The smallest absolute Gasteiger partial charge is 0.134 e. The van der Waals surface area contributed by atoms with Crippen LogP contribution in [0.4, 0.5) is 0 Å². The minimum atomic E-state index is 0.300. The van der Waals surface area contributed by atoms with Gasteiger partial charge in [0.1, 0.15) is 5.58 Å². The Hall–Kier alpha value is -1.32. The van der Waals surface area contributed by atoms with Gasteiger partial charge in [0.25, 0.3) is 0 Å². The molecule has 1 atom stereocenters. The molecule has 18 heavy (non-hydrogen) atoms. The van der Waals surface area contributed by atoms with Crippen molar-refractivity contribution >= 4 is 11.0 Å². The summed E-state index contributed by atoms with van der Waals surface area (Å²) in [6.07, 6.45) is 5.80. The van der Waals surface area contributed by atoms with Gasteiger partial charge in [0.2, 0.25) is 0 Å². The van der Waals surface area contributed by atoms with Crippen LogP contribution in [0.5, 0.6) is 0 Å². The van der Waals surface area contributed by atoms with Gasteiger partial charge in [0, 0.05) is 17.5 Å². The fourth-order valence-electron chi connectivity index (χ4n) is 2.96. The van der Waals surface area contributed by atoms with Crippen molar-refractivity contribution in [3.63, 3.8) is 0 Å². The number of rotatable bonds is 3. The molecule has 96 valence electrons. The number of benzene rings is 1. The molecular weight excluding hydrogens is 224 g/mol. The normalized spacial score (nSPS) is 19.2. The second-order valence-electron chi connectivity index (χ2n) is 5.04. The highest BCUT2D eigenvalue weighted by atomic mass is 16.3. The maximum atomic E-state index is 6.00. The van der Waals surface area contributed by atoms with Crippen LogP contribution in [0, 0.1) is 0 Å². The van der Waals surface area contributed by atoms with Crippen molar-refractivity contribution in [2.45, 2.75) is 25.3 Å². The number of nitrogens with zero attached hydrogens (tertiary/aromatic N) is 1. The zero-order chi connectivity index (χ0) is 12.4. The standard InChI is InChI=1S/C15H20N2O/c16-10-14(17-8-4-1-5-9-17)13-11-18-15-7-3-2-6-12(13)15/h2-3,6-7,11,14H,1,4-5,8-10,16H2. The first-order valence-electron chi connectivity index (χ1n) is 6.80. The fourth-order valence-corrected chi connectivity index (χ4v) is 2.96. The number of likely N-dealkylation sites (tertiary alicyclic amines) is 1. The van der Waals surface area contributed by atoms with Crippen LogP contribution in [-0.2, 0) is 0 Å². The Morgan fingerprint density at radius 3 is 2.72 bits per heavy atom. The summed E-state index contributed by atoms with van der Waals surface area (Å²) in [5, 5.41) is 1.21. The fraction of sp³-hybridized carbons (Fsp3) is 0.467. The SMILES string of the molecule is NCC(c1coc2ccccc12)N1CCCCC1. The lowest BCUT2D eigenvalue weighted by Crippen LogP contribution is -2.37. The first-order valence-corrected chi connectivity index (χ1v) is 6.80. The zero-order valence-corrected chi connectivity index (χ0v) is 10.6. The number of piperidine rings is 1. The van der Waals surface area contributed by atoms with Crippen molar-refractivity contribution in [3.8, 4) is 0 Å². The second-order valence-corrected chi connectivity index (χ2v) is 5.04. The first kappa shape index (κ1) is 11.8. The third-order valence-corrected chi connectivity index (χ3v) is 3.92. The minimum absolute atomic E-state index is 0.300. The van der Waals surface area contributed by atoms with Crippen molar-refractivity contribution in [2.75, 3.05) is 19.6 Å². The van der Waals surface area contributed by atoms with Crippen LogP contribution in [-0.4, -0.2) is 24.5 Å². The van der Waals surface area contributed by atoms with Gasteiger partial charge >= 0.3 is 0 Å². The van der Waals surface area contributed by atoms with E-state index in [4.69, 9.17) is 10.2 Å². The molecule has 2 heterocycles. The van der Waals surface area contributed by atoms with Gasteiger partial charge in [-0.05, 0) is 32.0 Å². The Labute approximate surface area is 108 Å². The lowest BCUT2D eigenvalue weighted by Gasteiger charge is -2.33. The van der Waals surface area contributed by atoms with Crippen LogP contribution in [0.25, 0.3) is 11.0 Å². The third-order valence-electron chi connectivity index (χ3n) is 3.92. The minimum Gasteiger partial charge on any atom is -0.464 e. The number of furan rings is 1. The second kappa shape index (κ2) is 5.12. The lowest BCUT2D eigenvalue weighted by molar-refractivity contribution is 0.168. The van der Waals surface area contributed by atoms with Crippen LogP contribution in [0.2, 0.25) is 0 Å². The summed E-state index contributed by atoms with van der Waals surface area (Å²) in [7, 11) is 0. The maximum Gasteiger partial charge on any atom is 0.134 e. The highest BCUT2D eigenvalue weighted by Crippen LogP contribution is 2.30. The lowest BCUT2D eigenvalue weighted by atomic mass is 10.0. The molecule has 2 aromatic rings. The van der Waals surface area contributed by atoms with Crippen molar-refractivity contribution in [1.82, 2.24) is 4.90 Å². The van der Waals surface area contributed by atoms with Crippen LogP contribution in [0.1, 0.15) is 30.9 Å². The van der Waals surface area contributed by atoms with E-state index in [-0.39, 0.29) is 0 Å². The van der Waals surface area contributed by atoms with Crippen LogP contribution >= 0.6 is 0 Å². The van der Waals surface area contributed by atoms with E-state index in [2.05, 4.69) is 17.0 Å². The molecule has 1 aromatic heterocycles. The summed E-state index contributed by atoms with van der Waals surface area (Å²) in [6.45, 7) is 2.96. The van der Waals surface area contributed by atoms with Crippen molar-refractivity contribution < 1.29 is 4.42 Å². The summed E-state index contributed by atoms with van der Waals surface area (Å²) in [5.41, 5.74) is 8.21. The molecule has 0 amide bonds. The van der Waals surface area contributed by atoms with Gasteiger partial charge in [0.05, 0.1) is 12.3 Å². The topological polar surface area (TPSA) is 42.4 Å². The Morgan fingerprint density at radius 2 is 1.94 bits per heavy atom. The molecule has 1 aliphatic heterocycles. The van der Waals surface area contributed by atoms with Crippen molar-refractivity contribution in [2.24, 2.45) is 5.73 Å². The van der Waals surface area contributed by atoms with Gasteiger partial charge in [0.15, 0.2) is 0 Å². The number of fused-ring (bicyclic) bond motifs is 1. The molecule has 1 saturated heterocycles. The third kappa shape index (κ3) is 2.04. The molecule has 1 aromatic carbocycles. The Balaban J connectivity index is 1.95. The van der Waals surface area contributed by atoms with E-state index in [1.165, 1.54) is 30.2 Å². The molecule has 3 rings (SSSR count). The number of nitrogens with two attached hydrogens (primary N) is 1. The summed E-state index contributed by atoms with van der Waals surface area (Å²) in [5.74, 6) is 0. The molecule has 1 fully saturated rings. The predicted molar refractivity (Wildman–Crippen MR) is 73.4 cm³/mol.